The second-order valence-electron chi connectivity index (χ2n) is 6.83. The number of aliphatic imine (C=N–C) groups is 1. The van der Waals surface area contributed by atoms with Gasteiger partial charge in [0.1, 0.15) is 0 Å². The summed E-state index contributed by atoms with van der Waals surface area (Å²) in [7, 11) is 0. The molecular formula is C16H24N4O. The van der Waals surface area contributed by atoms with Crippen LogP contribution in [0.15, 0.2) is 4.99 Å². The van der Waals surface area contributed by atoms with Gasteiger partial charge in [0.25, 0.3) is 0 Å². The number of hydrogen-bond donors (Lipinski definition) is 1. The molecule has 2 fully saturated rings. The van der Waals surface area contributed by atoms with E-state index in [9.17, 15) is 10.1 Å². The maximum Gasteiger partial charge on any atom is 0.246 e. The fraction of sp³-hybridized carbons (Fsp3) is 0.812. The zero-order chi connectivity index (χ0) is 15.0. The Morgan fingerprint density at radius 2 is 1.86 bits per heavy atom. The van der Waals surface area contributed by atoms with Crippen molar-refractivity contribution < 1.29 is 4.79 Å². The van der Waals surface area contributed by atoms with Gasteiger partial charge in [0, 0.05) is 12.1 Å². The predicted molar refractivity (Wildman–Crippen MR) is 80.5 cm³/mol. The molecule has 21 heavy (non-hydrogen) atoms. The van der Waals surface area contributed by atoms with Crippen LogP contribution < -0.4 is 5.32 Å². The molecule has 2 heterocycles. The van der Waals surface area contributed by atoms with Crippen molar-refractivity contribution >= 4 is 11.9 Å². The van der Waals surface area contributed by atoms with Crippen LogP contribution in [-0.2, 0) is 4.79 Å². The molecule has 3 aliphatic rings. The van der Waals surface area contributed by atoms with E-state index in [2.05, 4.69) is 30.1 Å². The molecule has 2 aliphatic heterocycles. The Hall–Kier alpha value is -1.57. The van der Waals surface area contributed by atoms with Crippen molar-refractivity contribution in [1.82, 2.24) is 10.2 Å². The van der Waals surface area contributed by atoms with Crippen LogP contribution in [0.25, 0.3) is 0 Å². The third kappa shape index (κ3) is 2.31. The van der Waals surface area contributed by atoms with E-state index in [0.29, 0.717) is 18.0 Å². The minimum atomic E-state index is -0.626. The number of nitriles is 1. The molecule has 0 aromatic rings. The Bertz CT molecular complexity index is 491. The molecule has 3 rings (SSSR count). The van der Waals surface area contributed by atoms with E-state index < -0.39 is 11.5 Å². The summed E-state index contributed by atoms with van der Waals surface area (Å²) in [5.41, 5.74) is -0.469. The van der Waals surface area contributed by atoms with Crippen molar-refractivity contribution in [3.63, 3.8) is 0 Å². The molecule has 0 aromatic heterocycles. The summed E-state index contributed by atoms with van der Waals surface area (Å²) < 4.78 is 0. The van der Waals surface area contributed by atoms with Crippen molar-refractivity contribution in [2.24, 2.45) is 10.9 Å². The number of nitrogens with one attached hydrogen (secondary N) is 1. The molecule has 5 nitrogen and oxygen atoms in total. The van der Waals surface area contributed by atoms with E-state index >= 15 is 0 Å². The largest absolute Gasteiger partial charge is 0.337 e. The van der Waals surface area contributed by atoms with Gasteiger partial charge in [0.2, 0.25) is 11.9 Å². The van der Waals surface area contributed by atoms with E-state index in [1.54, 1.807) is 0 Å². The van der Waals surface area contributed by atoms with Gasteiger partial charge < -0.3 is 4.90 Å². The summed E-state index contributed by atoms with van der Waals surface area (Å²) in [6.45, 7) is 4.39. The molecule has 0 unspecified atom stereocenters. The number of rotatable bonds is 0. The van der Waals surface area contributed by atoms with Crippen LogP contribution >= 0.6 is 0 Å². The lowest BCUT2D eigenvalue weighted by atomic mass is 9.82. The van der Waals surface area contributed by atoms with Crippen LogP contribution in [0.4, 0.5) is 0 Å². The van der Waals surface area contributed by atoms with Gasteiger partial charge in [-0.25, -0.2) is 4.99 Å². The normalized spacial score (nSPS) is 35.3. The number of carbonyl (C=O) groups is 1. The van der Waals surface area contributed by atoms with Gasteiger partial charge in [-0.05, 0) is 46.0 Å². The lowest BCUT2D eigenvalue weighted by Gasteiger charge is -2.44. The zero-order valence-electron chi connectivity index (χ0n) is 12.9. The van der Waals surface area contributed by atoms with E-state index in [4.69, 9.17) is 4.99 Å². The standard InChI is InChI=1S/C16H24N4O/c1-11-6-5-7-12(2)20(11)15-18-14(21)13(10-17)16(19-15)8-3-4-9-16/h11-13H,3-9H2,1-2H3,(H,18,19,21)/t11-,12-,13-/m1/s1. The van der Waals surface area contributed by atoms with Gasteiger partial charge in [0.15, 0.2) is 5.92 Å². The SMILES string of the molecule is C[C@@H]1CCC[C@@H](C)N1C1=NC2(CCCC2)[C@H](C#N)C(=O)N1. The maximum absolute atomic E-state index is 12.4. The molecule has 1 aliphatic carbocycles. The maximum atomic E-state index is 12.4. The number of piperidine rings is 1. The predicted octanol–water partition coefficient (Wildman–Crippen LogP) is 2.19. The van der Waals surface area contributed by atoms with E-state index in [1.807, 2.05) is 0 Å². The van der Waals surface area contributed by atoms with Crippen molar-refractivity contribution in [1.29, 1.82) is 5.26 Å². The summed E-state index contributed by atoms with van der Waals surface area (Å²) >= 11 is 0. The molecule has 1 spiro atoms. The molecule has 1 saturated heterocycles. The Balaban J connectivity index is 1.97. The summed E-state index contributed by atoms with van der Waals surface area (Å²) in [5.74, 6) is -0.0679. The zero-order valence-corrected chi connectivity index (χ0v) is 12.9. The molecule has 0 aromatic carbocycles. The Morgan fingerprint density at radius 3 is 2.43 bits per heavy atom. The number of amides is 1. The fourth-order valence-corrected chi connectivity index (χ4v) is 4.26. The number of carbonyl (C=O) groups excluding carboxylic acids is 1. The first-order valence-electron chi connectivity index (χ1n) is 8.16. The molecule has 1 saturated carbocycles. The van der Waals surface area contributed by atoms with Gasteiger partial charge in [-0.1, -0.05) is 12.8 Å². The van der Waals surface area contributed by atoms with E-state index in [0.717, 1.165) is 38.5 Å². The average Bonchev–Trinajstić information content (AvgIpc) is 2.87. The molecule has 5 heteroatoms. The minimum Gasteiger partial charge on any atom is -0.337 e. The lowest BCUT2D eigenvalue weighted by molar-refractivity contribution is -0.124. The van der Waals surface area contributed by atoms with Crippen LogP contribution in [0.3, 0.4) is 0 Å². The molecule has 1 amide bonds. The van der Waals surface area contributed by atoms with Gasteiger partial charge in [-0.2, -0.15) is 5.26 Å². The van der Waals surface area contributed by atoms with Gasteiger partial charge >= 0.3 is 0 Å². The highest BCUT2D eigenvalue weighted by Crippen LogP contribution is 2.41. The minimum absolute atomic E-state index is 0.158. The lowest BCUT2D eigenvalue weighted by Crippen LogP contribution is -2.60. The molecule has 1 N–H and O–H groups in total. The number of guanidine groups is 1. The van der Waals surface area contributed by atoms with Crippen molar-refractivity contribution in [2.45, 2.75) is 76.4 Å². The van der Waals surface area contributed by atoms with E-state index in [-0.39, 0.29) is 5.91 Å². The van der Waals surface area contributed by atoms with E-state index in [1.165, 1.54) is 6.42 Å². The molecule has 0 bridgehead atoms. The van der Waals surface area contributed by atoms with Gasteiger partial charge in [-0.15, -0.1) is 0 Å². The first kappa shape index (κ1) is 14.4. The number of nitrogens with zero attached hydrogens (tertiary/aromatic N) is 3. The van der Waals surface area contributed by atoms with Crippen molar-refractivity contribution in [2.75, 3.05) is 0 Å². The van der Waals surface area contributed by atoms with Crippen LogP contribution in [0.2, 0.25) is 0 Å². The highest BCUT2D eigenvalue weighted by atomic mass is 16.2. The fourth-order valence-electron chi connectivity index (χ4n) is 4.26. The third-order valence-electron chi connectivity index (χ3n) is 5.40. The second-order valence-corrected chi connectivity index (χ2v) is 6.83. The topological polar surface area (TPSA) is 68.5 Å². The molecule has 3 atom stereocenters. The molecule has 0 radical (unpaired) electrons. The van der Waals surface area contributed by atoms with Gasteiger partial charge in [0.05, 0.1) is 11.6 Å². The highest BCUT2D eigenvalue weighted by molar-refractivity contribution is 6.02. The van der Waals surface area contributed by atoms with Crippen LogP contribution in [-0.4, -0.2) is 34.4 Å². The van der Waals surface area contributed by atoms with Crippen molar-refractivity contribution in [3.8, 4) is 6.07 Å². The summed E-state index contributed by atoms with van der Waals surface area (Å²) in [6.07, 6.45) is 7.34. The van der Waals surface area contributed by atoms with Crippen molar-refractivity contribution in [3.05, 3.63) is 0 Å². The smallest absolute Gasteiger partial charge is 0.246 e. The van der Waals surface area contributed by atoms with Crippen LogP contribution in [0.5, 0.6) is 0 Å². The first-order valence-corrected chi connectivity index (χ1v) is 8.16. The Labute approximate surface area is 126 Å². The van der Waals surface area contributed by atoms with Gasteiger partial charge in [-0.3, -0.25) is 10.1 Å². The molecular weight excluding hydrogens is 264 g/mol. The second kappa shape index (κ2) is 5.32. The highest BCUT2D eigenvalue weighted by Gasteiger charge is 2.49. The first-order chi connectivity index (χ1) is 10.1. The third-order valence-corrected chi connectivity index (χ3v) is 5.40. The monoisotopic (exact) mass is 288 g/mol. The summed E-state index contributed by atoms with van der Waals surface area (Å²) in [6, 6.07) is 2.98. The summed E-state index contributed by atoms with van der Waals surface area (Å²) in [4.78, 5) is 19.6. The van der Waals surface area contributed by atoms with Crippen LogP contribution in [0.1, 0.15) is 58.8 Å². The average molecular weight is 288 g/mol. The molecule has 114 valence electrons. The summed E-state index contributed by atoms with van der Waals surface area (Å²) in [5, 5.41) is 12.3. The quantitative estimate of drug-likeness (QED) is 0.743. The Morgan fingerprint density at radius 1 is 1.24 bits per heavy atom. The van der Waals surface area contributed by atoms with Crippen LogP contribution in [0, 0.1) is 17.2 Å². The Kier molecular flexibility index (Phi) is 3.64. The number of likely N-dealkylation sites (tertiary alicyclic amines) is 1. The number of hydrogen-bond acceptors (Lipinski definition) is 4.